The lowest BCUT2D eigenvalue weighted by molar-refractivity contribution is -0.137. The highest BCUT2D eigenvalue weighted by atomic mass is 35.5. The molecule has 2 rings (SSSR count). The fourth-order valence-electron chi connectivity index (χ4n) is 2.16. The van der Waals surface area contributed by atoms with Gasteiger partial charge in [0.1, 0.15) is 5.75 Å². The molecule has 19 heavy (non-hydrogen) atoms. The number of hydrogen-bond donors (Lipinski definition) is 1. The number of ether oxygens (including phenoxy) is 1. The van der Waals surface area contributed by atoms with Crippen LogP contribution >= 0.6 is 11.6 Å². The van der Waals surface area contributed by atoms with Crippen LogP contribution in [0.1, 0.15) is 24.8 Å². The Morgan fingerprint density at radius 3 is 2.84 bits per heavy atom. The number of methoxy groups -OCH3 is 1. The highest BCUT2D eigenvalue weighted by Crippen LogP contribution is 2.33. The molecule has 4 nitrogen and oxygen atoms in total. The van der Waals surface area contributed by atoms with Gasteiger partial charge in [-0.2, -0.15) is 0 Å². The van der Waals surface area contributed by atoms with Crippen LogP contribution in [0.25, 0.3) is 0 Å². The van der Waals surface area contributed by atoms with E-state index in [1.807, 2.05) is 18.2 Å². The lowest BCUT2D eigenvalue weighted by atomic mass is 10.1. The molecule has 0 aromatic heterocycles. The Hall–Kier alpha value is -1.26. The summed E-state index contributed by atoms with van der Waals surface area (Å²) in [5, 5.41) is 9.48. The zero-order valence-electron chi connectivity index (χ0n) is 10.9. The Kier molecular flexibility index (Phi) is 4.66. The van der Waals surface area contributed by atoms with E-state index in [-0.39, 0.29) is 6.42 Å². The van der Waals surface area contributed by atoms with E-state index >= 15 is 0 Å². The highest BCUT2D eigenvalue weighted by Gasteiger charge is 2.30. The van der Waals surface area contributed by atoms with Crippen molar-refractivity contribution in [3.05, 3.63) is 28.8 Å². The Morgan fingerprint density at radius 1 is 1.53 bits per heavy atom. The monoisotopic (exact) mass is 283 g/mol. The summed E-state index contributed by atoms with van der Waals surface area (Å²) in [4.78, 5) is 12.9. The predicted octanol–water partition coefficient (Wildman–Crippen LogP) is 2.79. The molecule has 1 fully saturated rings. The maximum absolute atomic E-state index is 10.7. The van der Waals surface area contributed by atoms with E-state index in [2.05, 4.69) is 4.90 Å². The normalized spacial score (nSPS) is 14.7. The molecule has 1 N–H and O–H groups in total. The van der Waals surface area contributed by atoms with Crippen LogP contribution in [-0.4, -0.2) is 35.7 Å². The summed E-state index contributed by atoms with van der Waals surface area (Å²) in [6.07, 6.45) is 2.42. The van der Waals surface area contributed by atoms with Crippen molar-refractivity contribution in [3.8, 4) is 5.75 Å². The maximum atomic E-state index is 10.7. The molecule has 1 aliphatic carbocycles. The molecule has 1 saturated carbocycles. The van der Waals surface area contributed by atoms with Crippen molar-refractivity contribution >= 4 is 17.6 Å². The maximum Gasteiger partial charge on any atom is 0.304 e. The number of nitrogens with zero attached hydrogens (tertiary/aromatic N) is 1. The van der Waals surface area contributed by atoms with Crippen molar-refractivity contribution in [2.45, 2.75) is 31.8 Å². The molecular weight excluding hydrogens is 266 g/mol. The number of carboxylic acid groups (broad SMARTS) is 1. The molecule has 0 amide bonds. The molecule has 0 saturated heterocycles. The van der Waals surface area contributed by atoms with Gasteiger partial charge in [-0.25, -0.2) is 0 Å². The third kappa shape index (κ3) is 3.85. The summed E-state index contributed by atoms with van der Waals surface area (Å²) in [6, 6.07) is 6.05. The van der Waals surface area contributed by atoms with Crippen LogP contribution in [-0.2, 0) is 11.3 Å². The second kappa shape index (κ2) is 6.26. The first-order valence-corrected chi connectivity index (χ1v) is 6.77. The lowest BCUT2D eigenvalue weighted by Crippen LogP contribution is -2.28. The molecule has 1 aliphatic rings. The summed E-state index contributed by atoms with van der Waals surface area (Å²) >= 11 is 6.22. The highest BCUT2D eigenvalue weighted by molar-refractivity contribution is 6.31. The van der Waals surface area contributed by atoms with E-state index in [9.17, 15) is 4.79 Å². The first-order valence-electron chi connectivity index (χ1n) is 6.39. The molecule has 0 radical (unpaired) electrons. The molecule has 1 aromatic carbocycles. The van der Waals surface area contributed by atoms with Crippen LogP contribution in [0.15, 0.2) is 18.2 Å². The van der Waals surface area contributed by atoms with E-state index < -0.39 is 5.97 Å². The Morgan fingerprint density at radius 2 is 2.26 bits per heavy atom. The molecule has 0 spiro atoms. The van der Waals surface area contributed by atoms with Crippen molar-refractivity contribution in [1.82, 2.24) is 4.90 Å². The summed E-state index contributed by atoms with van der Waals surface area (Å²) in [7, 11) is 1.62. The van der Waals surface area contributed by atoms with Crippen molar-refractivity contribution in [3.63, 3.8) is 0 Å². The van der Waals surface area contributed by atoms with Crippen molar-refractivity contribution < 1.29 is 14.6 Å². The van der Waals surface area contributed by atoms with E-state index in [0.29, 0.717) is 24.2 Å². The van der Waals surface area contributed by atoms with Gasteiger partial charge < -0.3 is 9.84 Å². The standard InChI is InChI=1S/C14H18ClNO3/c1-19-13-4-2-3-12(15)11(13)9-16(10-5-6-10)8-7-14(17)18/h2-4,10H,5-9H2,1H3,(H,17,18). The molecule has 1 aromatic rings. The first kappa shape index (κ1) is 14.2. The van der Waals surface area contributed by atoms with Crippen molar-refractivity contribution in [1.29, 1.82) is 0 Å². The quantitative estimate of drug-likeness (QED) is 0.836. The molecule has 0 heterocycles. The number of benzene rings is 1. The molecule has 0 bridgehead atoms. The minimum absolute atomic E-state index is 0.156. The Balaban J connectivity index is 2.10. The Labute approximate surface area is 117 Å². The van der Waals surface area contributed by atoms with E-state index in [1.54, 1.807) is 7.11 Å². The number of carbonyl (C=O) groups is 1. The van der Waals surface area contributed by atoms with Gasteiger partial charge in [0.25, 0.3) is 0 Å². The molecule has 5 heteroatoms. The summed E-state index contributed by atoms with van der Waals surface area (Å²) in [5.74, 6) is -0.00903. The minimum atomic E-state index is -0.767. The van der Waals surface area contributed by atoms with Crippen molar-refractivity contribution in [2.24, 2.45) is 0 Å². The molecule has 0 unspecified atom stereocenters. The third-order valence-corrected chi connectivity index (χ3v) is 3.69. The van der Waals surface area contributed by atoms with E-state index in [4.69, 9.17) is 21.4 Å². The van der Waals surface area contributed by atoms with Gasteiger partial charge in [0.05, 0.1) is 13.5 Å². The second-order valence-electron chi connectivity index (χ2n) is 4.77. The lowest BCUT2D eigenvalue weighted by Gasteiger charge is -2.23. The molecular formula is C14H18ClNO3. The summed E-state index contributed by atoms with van der Waals surface area (Å²) in [6.45, 7) is 1.19. The van der Waals surface area contributed by atoms with Crippen LogP contribution in [0.3, 0.4) is 0 Å². The number of aliphatic carboxylic acids is 1. The SMILES string of the molecule is COc1cccc(Cl)c1CN(CCC(=O)O)C1CC1. The van der Waals surface area contributed by atoms with Gasteiger partial charge in [0.15, 0.2) is 0 Å². The van der Waals surface area contributed by atoms with Crippen LogP contribution in [0.2, 0.25) is 5.02 Å². The largest absolute Gasteiger partial charge is 0.496 e. The summed E-state index contributed by atoms with van der Waals surface area (Å²) in [5.41, 5.74) is 0.934. The minimum Gasteiger partial charge on any atom is -0.496 e. The molecule has 0 aliphatic heterocycles. The van der Waals surface area contributed by atoms with Gasteiger partial charge in [-0.1, -0.05) is 17.7 Å². The number of carboxylic acids is 1. The fourth-order valence-corrected chi connectivity index (χ4v) is 2.38. The molecule has 104 valence electrons. The second-order valence-corrected chi connectivity index (χ2v) is 5.17. The number of rotatable bonds is 7. The van der Waals surface area contributed by atoms with Gasteiger partial charge >= 0.3 is 5.97 Å². The fraction of sp³-hybridized carbons (Fsp3) is 0.500. The van der Waals surface area contributed by atoms with Crippen LogP contribution in [0, 0.1) is 0 Å². The zero-order chi connectivity index (χ0) is 13.8. The smallest absolute Gasteiger partial charge is 0.304 e. The molecule has 0 atom stereocenters. The van der Waals surface area contributed by atoms with Gasteiger partial charge in [0.2, 0.25) is 0 Å². The number of halogens is 1. The van der Waals surface area contributed by atoms with Crippen LogP contribution in [0.5, 0.6) is 5.75 Å². The third-order valence-electron chi connectivity index (χ3n) is 3.33. The number of hydrogen-bond acceptors (Lipinski definition) is 3. The zero-order valence-corrected chi connectivity index (χ0v) is 11.7. The van der Waals surface area contributed by atoms with Crippen LogP contribution in [0.4, 0.5) is 0 Å². The van der Waals surface area contributed by atoms with Gasteiger partial charge in [-0.05, 0) is 25.0 Å². The predicted molar refractivity (Wildman–Crippen MR) is 73.7 cm³/mol. The van der Waals surface area contributed by atoms with Gasteiger partial charge in [0, 0.05) is 29.7 Å². The van der Waals surface area contributed by atoms with Gasteiger partial charge in [-0.3, -0.25) is 9.69 Å². The van der Waals surface area contributed by atoms with Gasteiger partial charge in [-0.15, -0.1) is 0 Å². The average molecular weight is 284 g/mol. The van der Waals surface area contributed by atoms with Crippen molar-refractivity contribution in [2.75, 3.05) is 13.7 Å². The Bertz CT molecular complexity index is 460. The average Bonchev–Trinajstić information content (AvgIpc) is 3.20. The topological polar surface area (TPSA) is 49.8 Å². The van der Waals surface area contributed by atoms with E-state index in [0.717, 1.165) is 24.2 Å². The van der Waals surface area contributed by atoms with Crippen LogP contribution < -0.4 is 4.74 Å². The summed E-state index contributed by atoms with van der Waals surface area (Å²) < 4.78 is 5.33. The van der Waals surface area contributed by atoms with E-state index in [1.165, 1.54) is 0 Å². The first-order chi connectivity index (χ1) is 9.11.